The molecule has 0 fully saturated rings. The van der Waals surface area contributed by atoms with Gasteiger partial charge in [0.15, 0.2) is 0 Å². The number of aromatic nitrogens is 2. The second-order valence-corrected chi connectivity index (χ2v) is 9.60. The maximum absolute atomic E-state index is 10.4. The van der Waals surface area contributed by atoms with Crippen LogP contribution in [0.3, 0.4) is 0 Å². The van der Waals surface area contributed by atoms with E-state index in [-0.39, 0.29) is 0 Å². The molecule has 0 saturated heterocycles. The molecular formula is C28H27BN2O2. The Hall–Kier alpha value is -3.28. The molecule has 1 N–H and O–H groups in total. The summed E-state index contributed by atoms with van der Waals surface area (Å²) in [5.74, 6) is 0. The molecule has 4 nitrogen and oxygen atoms in total. The molecule has 5 heteroatoms. The molecule has 0 spiro atoms. The van der Waals surface area contributed by atoms with E-state index in [4.69, 9.17) is 14.6 Å². The van der Waals surface area contributed by atoms with E-state index in [1.807, 2.05) is 50.4 Å². The Morgan fingerprint density at radius 2 is 1.36 bits per heavy atom. The molecule has 0 aliphatic carbocycles. The van der Waals surface area contributed by atoms with Crippen molar-refractivity contribution in [3.63, 3.8) is 0 Å². The molecule has 5 aromatic rings. The van der Waals surface area contributed by atoms with E-state index in [1.54, 1.807) is 13.8 Å². The van der Waals surface area contributed by atoms with Gasteiger partial charge in [0.05, 0.1) is 34.1 Å². The Labute approximate surface area is 194 Å². The van der Waals surface area contributed by atoms with Crippen LogP contribution < -0.4 is 5.46 Å². The molecule has 0 bridgehead atoms. The van der Waals surface area contributed by atoms with Crippen molar-refractivity contribution in [1.82, 2.24) is 9.97 Å². The standard InChI is InChI=1S/C28H27BN2O2/c1-27(2,32)28(3,4)33-29-19-11-9-10-18(16-19)24-17-30-25-22-14-7-5-12-20(22)21-13-6-8-15-23(21)26(25)31-24/h5-17,29,32H,1-4H3. The maximum Gasteiger partial charge on any atom is 0.309 e. The summed E-state index contributed by atoms with van der Waals surface area (Å²) in [6, 6.07) is 24.9. The summed E-state index contributed by atoms with van der Waals surface area (Å²) < 4.78 is 6.06. The molecule has 1 heterocycles. The topological polar surface area (TPSA) is 55.2 Å². The average molecular weight is 434 g/mol. The third-order valence-corrected chi connectivity index (χ3v) is 6.72. The quantitative estimate of drug-likeness (QED) is 0.307. The van der Waals surface area contributed by atoms with Gasteiger partial charge in [0.1, 0.15) is 0 Å². The smallest absolute Gasteiger partial charge is 0.309 e. The first-order valence-corrected chi connectivity index (χ1v) is 11.3. The Balaban J connectivity index is 1.58. The molecule has 4 aromatic carbocycles. The Morgan fingerprint density at radius 3 is 2.00 bits per heavy atom. The zero-order valence-corrected chi connectivity index (χ0v) is 19.5. The van der Waals surface area contributed by atoms with Crippen molar-refractivity contribution in [3.05, 3.63) is 79.0 Å². The maximum atomic E-state index is 10.4. The van der Waals surface area contributed by atoms with Crippen molar-refractivity contribution >= 4 is 45.5 Å². The number of hydrogen-bond acceptors (Lipinski definition) is 4. The van der Waals surface area contributed by atoms with Crippen LogP contribution in [0.15, 0.2) is 79.0 Å². The molecule has 0 aliphatic rings. The van der Waals surface area contributed by atoms with E-state index in [9.17, 15) is 5.11 Å². The first kappa shape index (κ1) is 21.6. The van der Waals surface area contributed by atoms with Gasteiger partial charge in [0.25, 0.3) is 0 Å². The van der Waals surface area contributed by atoms with Crippen molar-refractivity contribution in [1.29, 1.82) is 0 Å². The number of fused-ring (bicyclic) bond motifs is 6. The summed E-state index contributed by atoms with van der Waals surface area (Å²) >= 11 is 0. The summed E-state index contributed by atoms with van der Waals surface area (Å²) in [7, 11) is 0.402. The van der Waals surface area contributed by atoms with Crippen molar-refractivity contribution in [2.45, 2.75) is 38.9 Å². The number of rotatable bonds is 5. The number of aliphatic hydroxyl groups is 1. The first-order chi connectivity index (χ1) is 15.7. The fraction of sp³-hybridized carbons (Fsp3) is 0.214. The molecule has 0 atom stereocenters. The fourth-order valence-electron chi connectivity index (χ4n) is 4.02. The van der Waals surface area contributed by atoms with Crippen LogP contribution in [0.25, 0.3) is 43.8 Å². The highest BCUT2D eigenvalue weighted by molar-refractivity contribution is 6.47. The van der Waals surface area contributed by atoms with Gasteiger partial charge in [0.2, 0.25) is 0 Å². The zero-order chi connectivity index (χ0) is 23.2. The second-order valence-electron chi connectivity index (χ2n) is 9.60. The van der Waals surface area contributed by atoms with Crippen LogP contribution in [0, 0.1) is 0 Å². The summed E-state index contributed by atoms with van der Waals surface area (Å²) in [5, 5.41) is 15.0. The monoisotopic (exact) mass is 434 g/mol. The molecule has 0 radical (unpaired) electrons. The molecular weight excluding hydrogens is 407 g/mol. The minimum Gasteiger partial charge on any atom is -0.427 e. The normalized spacial score (nSPS) is 12.5. The van der Waals surface area contributed by atoms with Gasteiger partial charge in [-0.15, -0.1) is 0 Å². The summed E-state index contributed by atoms with van der Waals surface area (Å²) in [5.41, 5.74) is 3.04. The predicted octanol–water partition coefficient (Wildman–Crippen LogP) is 5.15. The minimum absolute atomic E-state index is 0.402. The predicted molar refractivity (Wildman–Crippen MR) is 138 cm³/mol. The van der Waals surface area contributed by atoms with Gasteiger partial charge in [-0.3, -0.25) is 4.98 Å². The molecule has 5 rings (SSSR count). The van der Waals surface area contributed by atoms with Crippen molar-refractivity contribution in [2.75, 3.05) is 0 Å². The zero-order valence-electron chi connectivity index (χ0n) is 19.5. The van der Waals surface area contributed by atoms with Gasteiger partial charge < -0.3 is 9.76 Å². The van der Waals surface area contributed by atoms with Gasteiger partial charge in [-0.2, -0.15) is 0 Å². The van der Waals surface area contributed by atoms with Crippen molar-refractivity contribution in [2.24, 2.45) is 0 Å². The Morgan fingerprint density at radius 1 is 0.758 bits per heavy atom. The van der Waals surface area contributed by atoms with Gasteiger partial charge >= 0.3 is 7.48 Å². The third kappa shape index (κ3) is 3.88. The lowest BCUT2D eigenvalue weighted by molar-refractivity contribution is -0.0893. The number of benzene rings is 4. The van der Waals surface area contributed by atoms with E-state index in [2.05, 4.69) is 42.5 Å². The SMILES string of the molecule is CC(C)(O)C(C)(C)OBc1cccc(-c2cnc3c4ccccc4c4ccccc4c3n2)c1. The molecule has 0 aliphatic heterocycles. The van der Waals surface area contributed by atoms with E-state index in [0.717, 1.165) is 38.5 Å². The number of hydrogen-bond donors (Lipinski definition) is 1. The van der Waals surface area contributed by atoms with E-state index in [1.165, 1.54) is 10.8 Å². The second kappa shape index (κ2) is 7.94. The molecule has 0 unspecified atom stereocenters. The van der Waals surface area contributed by atoms with Gasteiger partial charge in [-0.25, -0.2) is 4.98 Å². The molecule has 164 valence electrons. The van der Waals surface area contributed by atoms with E-state index < -0.39 is 11.2 Å². The minimum atomic E-state index is -0.946. The molecule has 33 heavy (non-hydrogen) atoms. The average Bonchev–Trinajstić information content (AvgIpc) is 2.82. The van der Waals surface area contributed by atoms with Crippen LogP contribution in [-0.4, -0.2) is 33.8 Å². The van der Waals surface area contributed by atoms with Crippen LogP contribution in [0.4, 0.5) is 0 Å². The highest BCUT2D eigenvalue weighted by atomic mass is 16.5. The first-order valence-electron chi connectivity index (χ1n) is 11.3. The van der Waals surface area contributed by atoms with E-state index in [0.29, 0.717) is 7.48 Å². The summed E-state index contributed by atoms with van der Waals surface area (Å²) in [6.45, 7) is 7.34. The third-order valence-electron chi connectivity index (χ3n) is 6.72. The summed E-state index contributed by atoms with van der Waals surface area (Å²) in [4.78, 5) is 9.93. The fourth-order valence-corrected chi connectivity index (χ4v) is 4.02. The van der Waals surface area contributed by atoms with Crippen molar-refractivity contribution in [3.8, 4) is 11.3 Å². The van der Waals surface area contributed by atoms with Crippen LogP contribution in [-0.2, 0) is 4.65 Å². The van der Waals surface area contributed by atoms with Crippen LogP contribution >= 0.6 is 0 Å². The molecule has 0 saturated carbocycles. The van der Waals surface area contributed by atoms with Gasteiger partial charge in [-0.1, -0.05) is 78.3 Å². The highest BCUT2D eigenvalue weighted by Gasteiger charge is 2.35. The largest absolute Gasteiger partial charge is 0.427 e. The Kier molecular flexibility index (Phi) is 5.19. The van der Waals surface area contributed by atoms with Gasteiger partial charge in [0, 0.05) is 16.3 Å². The van der Waals surface area contributed by atoms with Crippen LogP contribution in [0.2, 0.25) is 0 Å². The highest BCUT2D eigenvalue weighted by Crippen LogP contribution is 2.33. The molecule has 1 aromatic heterocycles. The lowest BCUT2D eigenvalue weighted by Crippen LogP contribution is -2.49. The molecule has 0 amide bonds. The van der Waals surface area contributed by atoms with E-state index >= 15 is 0 Å². The lowest BCUT2D eigenvalue weighted by Gasteiger charge is -2.37. The summed E-state index contributed by atoms with van der Waals surface area (Å²) in [6.07, 6.45) is 1.85. The van der Waals surface area contributed by atoms with Crippen molar-refractivity contribution < 1.29 is 9.76 Å². The Bertz CT molecular complexity index is 1450. The lowest BCUT2D eigenvalue weighted by atomic mass is 9.82. The van der Waals surface area contributed by atoms with Crippen LogP contribution in [0.1, 0.15) is 27.7 Å². The van der Waals surface area contributed by atoms with Gasteiger partial charge in [-0.05, 0) is 38.5 Å². The number of nitrogens with zero attached hydrogens (tertiary/aromatic N) is 2. The van der Waals surface area contributed by atoms with Crippen LogP contribution in [0.5, 0.6) is 0 Å².